The van der Waals surface area contributed by atoms with Crippen molar-refractivity contribution in [1.29, 1.82) is 0 Å². The second-order valence-electron chi connectivity index (χ2n) is 8.43. The number of benzene rings is 2. The summed E-state index contributed by atoms with van der Waals surface area (Å²) in [6.45, 7) is 4.15. The van der Waals surface area contributed by atoms with Crippen LogP contribution in [-0.2, 0) is 4.79 Å². The minimum Gasteiger partial charge on any atom is -0.397 e. The zero-order valence-corrected chi connectivity index (χ0v) is 18.8. The van der Waals surface area contributed by atoms with Crippen LogP contribution in [0.25, 0.3) is 16.5 Å². The van der Waals surface area contributed by atoms with E-state index in [0.717, 1.165) is 42.2 Å². The molecular weight excluding hydrogens is 416 g/mol. The molecule has 5 nitrogen and oxygen atoms in total. The molecule has 5 rings (SSSR count). The van der Waals surface area contributed by atoms with Gasteiger partial charge in [0.1, 0.15) is 0 Å². The van der Waals surface area contributed by atoms with Crippen LogP contribution in [0.5, 0.6) is 0 Å². The lowest BCUT2D eigenvalue weighted by molar-refractivity contribution is -0.111. The molecule has 32 heavy (non-hydrogen) atoms. The van der Waals surface area contributed by atoms with E-state index < -0.39 is 0 Å². The van der Waals surface area contributed by atoms with E-state index in [1.807, 2.05) is 35.7 Å². The van der Waals surface area contributed by atoms with Crippen molar-refractivity contribution in [1.82, 2.24) is 5.32 Å². The van der Waals surface area contributed by atoms with Crippen LogP contribution in [0, 0.1) is 0 Å². The van der Waals surface area contributed by atoms with E-state index in [4.69, 9.17) is 5.73 Å². The second kappa shape index (κ2) is 9.18. The lowest BCUT2D eigenvalue weighted by atomic mass is 10.0. The van der Waals surface area contributed by atoms with Crippen LogP contribution in [0.4, 0.5) is 17.1 Å². The van der Waals surface area contributed by atoms with E-state index >= 15 is 0 Å². The molecule has 2 fully saturated rings. The summed E-state index contributed by atoms with van der Waals surface area (Å²) in [6, 6.07) is 16.4. The Morgan fingerprint density at radius 2 is 1.97 bits per heavy atom. The van der Waals surface area contributed by atoms with Crippen molar-refractivity contribution in [3.05, 3.63) is 71.1 Å². The first-order valence-corrected chi connectivity index (χ1v) is 12.1. The molecule has 1 aromatic heterocycles. The van der Waals surface area contributed by atoms with Gasteiger partial charge in [0.05, 0.1) is 11.4 Å². The molecule has 2 heterocycles. The molecule has 0 atom stereocenters. The molecule has 6 heteroatoms. The van der Waals surface area contributed by atoms with Gasteiger partial charge in [0, 0.05) is 42.8 Å². The predicted molar refractivity (Wildman–Crippen MR) is 135 cm³/mol. The molecule has 164 valence electrons. The van der Waals surface area contributed by atoms with Crippen LogP contribution in [0.3, 0.4) is 0 Å². The first-order valence-electron chi connectivity index (χ1n) is 11.2. The van der Waals surface area contributed by atoms with Gasteiger partial charge in [-0.3, -0.25) is 4.79 Å². The summed E-state index contributed by atoms with van der Waals surface area (Å²) in [5.41, 5.74) is 12.2. The second-order valence-corrected chi connectivity index (χ2v) is 9.38. The number of piperazine rings is 1. The van der Waals surface area contributed by atoms with Crippen molar-refractivity contribution in [2.45, 2.75) is 18.8 Å². The van der Waals surface area contributed by atoms with Gasteiger partial charge < -0.3 is 21.3 Å². The Balaban J connectivity index is 1.31. The quantitative estimate of drug-likeness (QED) is 0.372. The molecule has 3 aromatic rings. The highest BCUT2D eigenvalue weighted by atomic mass is 32.1. The number of rotatable bonds is 6. The normalized spacial score (nSPS) is 16.4. The van der Waals surface area contributed by atoms with Gasteiger partial charge in [0.25, 0.3) is 0 Å². The summed E-state index contributed by atoms with van der Waals surface area (Å²) in [5.74, 6) is 0.473. The fraction of sp³-hybridized carbons (Fsp3) is 0.269. The van der Waals surface area contributed by atoms with Crippen molar-refractivity contribution in [3.8, 4) is 10.4 Å². The molecule has 0 radical (unpaired) electrons. The average Bonchev–Trinajstić information content (AvgIpc) is 3.53. The van der Waals surface area contributed by atoms with E-state index in [1.54, 1.807) is 17.4 Å². The number of anilines is 3. The van der Waals surface area contributed by atoms with E-state index in [-0.39, 0.29) is 5.91 Å². The van der Waals surface area contributed by atoms with Crippen molar-refractivity contribution in [3.63, 3.8) is 0 Å². The van der Waals surface area contributed by atoms with Gasteiger partial charge in [0.2, 0.25) is 5.91 Å². The number of hydrogen-bond donors (Lipinski definition) is 3. The van der Waals surface area contributed by atoms with Gasteiger partial charge in [0.15, 0.2) is 0 Å². The fourth-order valence-corrected chi connectivity index (χ4v) is 4.92. The van der Waals surface area contributed by atoms with E-state index in [2.05, 4.69) is 39.8 Å². The van der Waals surface area contributed by atoms with Crippen molar-refractivity contribution in [2.75, 3.05) is 42.1 Å². The van der Waals surface area contributed by atoms with Gasteiger partial charge in [-0.15, -0.1) is 11.3 Å². The summed E-state index contributed by atoms with van der Waals surface area (Å²) in [6.07, 6.45) is 6.00. The Labute approximate surface area is 192 Å². The minimum atomic E-state index is -0.181. The third kappa shape index (κ3) is 4.71. The van der Waals surface area contributed by atoms with Crippen LogP contribution in [0.1, 0.15) is 29.9 Å². The lowest BCUT2D eigenvalue weighted by Crippen LogP contribution is -2.43. The number of hydrogen-bond acceptors (Lipinski definition) is 5. The Morgan fingerprint density at radius 3 is 2.72 bits per heavy atom. The molecule has 4 N–H and O–H groups in total. The monoisotopic (exact) mass is 444 g/mol. The molecule has 1 aliphatic carbocycles. The smallest absolute Gasteiger partial charge is 0.248 e. The van der Waals surface area contributed by atoms with Gasteiger partial charge in [-0.2, -0.15) is 0 Å². The summed E-state index contributed by atoms with van der Waals surface area (Å²) in [4.78, 5) is 16.2. The largest absolute Gasteiger partial charge is 0.397 e. The SMILES string of the molecule is Nc1ccc(-c2cccs2)cc1NC(=O)/C=C/c1ccc(N2CCNCC2)c(C2CC2)c1. The number of nitrogens with two attached hydrogens (primary N) is 1. The Morgan fingerprint density at radius 1 is 1.12 bits per heavy atom. The van der Waals surface area contributed by atoms with E-state index in [0.29, 0.717) is 17.3 Å². The Kier molecular flexibility index (Phi) is 5.97. The summed E-state index contributed by atoms with van der Waals surface area (Å²) >= 11 is 1.66. The number of nitrogen functional groups attached to an aromatic ring is 1. The van der Waals surface area contributed by atoms with E-state index in [1.165, 1.54) is 24.1 Å². The van der Waals surface area contributed by atoms with Crippen LogP contribution < -0.4 is 21.3 Å². The first kappa shape index (κ1) is 20.8. The number of carbonyl (C=O) groups is 1. The fourth-order valence-electron chi connectivity index (χ4n) is 4.20. The molecule has 2 aromatic carbocycles. The maximum Gasteiger partial charge on any atom is 0.248 e. The van der Waals surface area contributed by atoms with Crippen molar-refractivity contribution < 1.29 is 4.79 Å². The summed E-state index contributed by atoms with van der Waals surface area (Å²) in [5, 5.41) is 8.39. The molecular formula is C26H28N4OS. The first-order chi connectivity index (χ1) is 15.7. The third-order valence-electron chi connectivity index (χ3n) is 6.07. The van der Waals surface area contributed by atoms with E-state index in [9.17, 15) is 4.79 Å². The summed E-state index contributed by atoms with van der Waals surface area (Å²) in [7, 11) is 0. The number of amides is 1. The molecule has 1 aliphatic heterocycles. The van der Waals surface area contributed by atoms with Crippen molar-refractivity contribution in [2.24, 2.45) is 0 Å². The Bertz CT molecular complexity index is 1130. The van der Waals surface area contributed by atoms with Crippen LogP contribution in [0.15, 0.2) is 60.0 Å². The molecule has 0 unspecified atom stereocenters. The topological polar surface area (TPSA) is 70.4 Å². The third-order valence-corrected chi connectivity index (χ3v) is 6.99. The van der Waals surface area contributed by atoms with Gasteiger partial charge >= 0.3 is 0 Å². The molecule has 2 aliphatic rings. The Hall–Kier alpha value is -3.09. The maximum absolute atomic E-state index is 12.6. The molecule has 0 spiro atoms. The predicted octanol–water partition coefficient (Wildman–Crippen LogP) is 4.94. The number of nitrogens with zero attached hydrogens (tertiary/aromatic N) is 1. The average molecular weight is 445 g/mol. The standard InChI is InChI=1S/C26H28N4OS/c27-22-8-7-20(25-2-1-15-32-25)17-23(22)29-26(31)10-4-18-3-9-24(21(16-18)19-5-6-19)30-13-11-28-12-14-30/h1-4,7-10,15-17,19,28H,5-6,11-14,27H2,(H,29,31)/b10-4+. The number of nitrogens with one attached hydrogen (secondary N) is 2. The molecule has 1 saturated carbocycles. The van der Waals surface area contributed by atoms with Gasteiger partial charge in [-0.1, -0.05) is 18.2 Å². The number of thiophene rings is 1. The molecule has 1 amide bonds. The highest BCUT2D eigenvalue weighted by molar-refractivity contribution is 7.13. The minimum absolute atomic E-state index is 0.181. The van der Waals surface area contributed by atoms with Crippen molar-refractivity contribution >= 4 is 40.4 Å². The highest BCUT2D eigenvalue weighted by Gasteiger charge is 2.28. The van der Waals surface area contributed by atoms with Gasteiger partial charge in [-0.25, -0.2) is 0 Å². The molecule has 1 saturated heterocycles. The van der Waals surface area contributed by atoms with Gasteiger partial charge in [-0.05, 0) is 77.2 Å². The highest BCUT2D eigenvalue weighted by Crippen LogP contribution is 2.45. The van der Waals surface area contributed by atoms with Crippen LogP contribution >= 0.6 is 11.3 Å². The van der Waals surface area contributed by atoms with Crippen LogP contribution in [-0.4, -0.2) is 32.1 Å². The maximum atomic E-state index is 12.6. The van der Waals surface area contributed by atoms with Crippen LogP contribution in [0.2, 0.25) is 0 Å². The number of carbonyl (C=O) groups excluding carboxylic acids is 1. The zero-order valence-electron chi connectivity index (χ0n) is 18.0. The summed E-state index contributed by atoms with van der Waals surface area (Å²) < 4.78 is 0. The molecule has 0 bridgehead atoms. The lowest BCUT2D eigenvalue weighted by Gasteiger charge is -2.31. The zero-order chi connectivity index (χ0) is 21.9.